The molecule has 0 saturated carbocycles. The van der Waals surface area contributed by atoms with Crippen molar-refractivity contribution in [2.45, 2.75) is 13.1 Å². The van der Waals surface area contributed by atoms with Gasteiger partial charge in [0.05, 0.1) is 12.1 Å². The number of hydrogen-bond acceptors (Lipinski definition) is 7. The Balaban J connectivity index is 1.38. The maximum Gasteiger partial charge on any atom is 0.231 e. The van der Waals surface area contributed by atoms with E-state index in [0.29, 0.717) is 12.5 Å². The Kier molecular flexibility index (Phi) is 4.42. The fourth-order valence-corrected chi connectivity index (χ4v) is 3.75. The molecule has 3 heterocycles. The Bertz CT molecular complexity index is 1110. The lowest BCUT2D eigenvalue weighted by Gasteiger charge is -2.12. The zero-order valence-electron chi connectivity index (χ0n) is 15.0. The van der Waals surface area contributed by atoms with E-state index in [1.165, 1.54) is 4.88 Å². The molecule has 0 atom stereocenters. The van der Waals surface area contributed by atoms with Gasteiger partial charge in [-0.15, -0.1) is 11.3 Å². The van der Waals surface area contributed by atoms with E-state index in [1.807, 2.05) is 42.5 Å². The summed E-state index contributed by atoms with van der Waals surface area (Å²) in [5, 5.41) is 9.85. The molecule has 2 aromatic carbocycles. The summed E-state index contributed by atoms with van der Waals surface area (Å²) in [5.41, 5.74) is 1.98. The molecule has 0 fully saturated rings. The van der Waals surface area contributed by atoms with Gasteiger partial charge in [-0.05, 0) is 41.3 Å². The molecule has 1 aliphatic heterocycles. The van der Waals surface area contributed by atoms with Gasteiger partial charge in [0.2, 0.25) is 12.7 Å². The molecule has 5 rings (SSSR count). The minimum atomic E-state index is 0.277. The number of benzene rings is 2. The van der Waals surface area contributed by atoms with Gasteiger partial charge in [-0.25, -0.2) is 4.98 Å². The van der Waals surface area contributed by atoms with E-state index in [1.54, 1.807) is 11.3 Å². The van der Waals surface area contributed by atoms with Crippen molar-refractivity contribution in [2.24, 2.45) is 0 Å². The first-order valence-electron chi connectivity index (χ1n) is 9.00. The van der Waals surface area contributed by atoms with Gasteiger partial charge < -0.3 is 20.1 Å². The van der Waals surface area contributed by atoms with Gasteiger partial charge in [0, 0.05) is 16.8 Å². The van der Waals surface area contributed by atoms with Crippen molar-refractivity contribution in [1.82, 2.24) is 9.97 Å². The van der Waals surface area contributed by atoms with Crippen LogP contribution >= 0.6 is 11.3 Å². The minimum absolute atomic E-state index is 0.277. The van der Waals surface area contributed by atoms with E-state index in [2.05, 4.69) is 33.1 Å². The standard InChI is InChI=1S/C21H18N4O2S/c1-2-6-17-16(5-1)20(22-12-15-4-3-9-28-15)25-21(24-17)23-11-14-7-8-18-19(10-14)27-13-26-18/h1-10H,11-13H2,(H2,22,23,24,25). The van der Waals surface area contributed by atoms with Gasteiger partial charge in [-0.2, -0.15) is 4.98 Å². The van der Waals surface area contributed by atoms with E-state index >= 15 is 0 Å². The van der Waals surface area contributed by atoms with E-state index in [-0.39, 0.29) is 6.79 Å². The summed E-state index contributed by atoms with van der Waals surface area (Å²) in [6, 6.07) is 18.1. The zero-order valence-corrected chi connectivity index (χ0v) is 15.8. The van der Waals surface area contributed by atoms with Crippen LogP contribution in [0.2, 0.25) is 0 Å². The molecule has 0 aliphatic carbocycles. The molecule has 7 heteroatoms. The van der Waals surface area contributed by atoms with Gasteiger partial charge in [0.25, 0.3) is 0 Å². The highest BCUT2D eigenvalue weighted by Crippen LogP contribution is 2.32. The lowest BCUT2D eigenvalue weighted by Crippen LogP contribution is -2.07. The summed E-state index contributed by atoms with van der Waals surface area (Å²) in [5.74, 6) is 2.97. The first kappa shape index (κ1) is 16.8. The Morgan fingerprint density at radius 3 is 2.75 bits per heavy atom. The smallest absolute Gasteiger partial charge is 0.231 e. The summed E-state index contributed by atoms with van der Waals surface area (Å²) in [6.45, 7) is 1.61. The van der Waals surface area contributed by atoms with E-state index in [9.17, 15) is 0 Å². The summed E-state index contributed by atoms with van der Waals surface area (Å²) >= 11 is 1.73. The van der Waals surface area contributed by atoms with Gasteiger partial charge >= 0.3 is 0 Å². The van der Waals surface area contributed by atoms with Crippen LogP contribution in [-0.2, 0) is 13.1 Å². The van der Waals surface area contributed by atoms with Crippen molar-refractivity contribution in [3.05, 3.63) is 70.4 Å². The van der Waals surface area contributed by atoms with Gasteiger partial charge in [0.1, 0.15) is 5.82 Å². The molecule has 0 saturated heterocycles. The normalized spacial score (nSPS) is 12.3. The average Bonchev–Trinajstić information content (AvgIpc) is 3.41. The minimum Gasteiger partial charge on any atom is -0.454 e. The zero-order chi connectivity index (χ0) is 18.8. The molecule has 6 nitrogen and oxygen atoms in total. The van der Waals surface area contributed by atoms with Crippen LogP contribution in [0.1, 0.15) is 10.4 Å². The number of hydrogen-bond donors (Lipinski definition) is 2. The third kappa shape index (κ3) is 3.44. The van der Waals surface area contributed by atoms with Gasteiger partial charge in [-0.3, -0.25) is 0 Å². The summed E-state index contributed by atoms with van der Waals surface area (Å²) < 4.78 is 10.8. The summed E-state index contributed by atoms with van der Waals surface area (Å²) in [4.78, 5) is 10.6. The first-order valence-corrected chi connectivity index (χ1v) is 9.88. The topological polar surface area (TPSA) is 68.3 Å². The first-order chi connectivity index (χ1) is 13.8. The maximum atomic E-state index is 5.44. The highest BCUT2D eigenvalue weighted by atomic mass is 32.1. The summed E-state index contributed by atoms with van der Waals surface area (Å²) in [7, 11) is 0. The second-order valence-electron chi connectivity index (χ2n) is 6.39. The molecule has 0 spiro atoms. The summed E-state index contributed by atoms with van der Waals surface area (Å²) in [6.07, 6.45) is 0. The number of para-hydroxylation sites is 1. The fraction of sp³-hybridized carbons (Fsp3) is 0.143. The van der Waals surface area contributed by atoms with E-state index < -0.39 is 0 Å². The lowest BCUT2D eigenvalue weighted by atomic mass is 10.2. The highest BCUT2D eigenvalue weighted by Gasteiger charge is 2.13. The van der Waals surface area contributed by atoms with Gasteiger partial charge in [0.15, 0.2) is 11.5 Å². The third-order valence-electron chi connectivity index (χ3n) is 4.50. The number of nitrogens with one attached hydrogen (secondary N) is 2. The van der Waals surface area contributed by atoms with Crippen molar-refractivity contribution in [3.8, 4) is 11.5 Å². The van der Waals surface area contributed by atoms with Crippen molar-refractivity contribution in [1.29, 1.82) is 0 Å². The predicted octanol–water partition coefficient (Wildman–Crippen LogP) is 4.64. The molecule has 28 heavy (non-hydrogen) atoms. The predicted molar refractivity (Wildman–Crippen MR) is 111 cm³/mol. The second-order valence-corrected chi connectivity index (χ2v) is 7.42. The molecule has 0 radical (unpaired) electrons. The number of fused-ring (bicyclic) bond motifs is 2. The van der Waals surface area contributed by atoms with E-state index in [4.69, 9.17) is 14.5 Å². The number of rotatable bonds is 6. The molecule has 0 amide bonds. The molecule has 140 valence electrons. The van der Waals surface area contributed by atoms with E-state index in [0.717, 1.165) is 40.3 Å². The SMILES string of the molecule is c1csc(CNc2nc(NCc3ccc4c(c3)OCO4)nc3ccccc23)c1. The molecule has 0 unspecified atom stereocenters. The quantitative estimate of drug-likeness (QED) is 0.500. The molecule has 2 N–H and O–H groups in total. The van der Waals surface area contributed by atoms with Crippen LogP contribution in [0.3, 0.4) is 0 Å². The Morgan fingerprint density at radius 1 is 0.893 bits per heavy atom. The van der Waals surface area contributed by atoms with Crippen molar-refractivity contribution >= 4 is 34.0 Å². The van der Waals surface area contributed by atoms with Crippen LogP contribution in [0.25, 0.3) is 10.9 Å². The number of anilines is 2. The van der Waals surface area contributed by atoms with Crippen molar-refractivity contribution in [2.75, 3.05) is 17.4 Å². The third-order valence-corrected chi connectivity index (χ3v) is 5.38. The molecule has 0 bridgehead atoms. The fourth-order valence-electron chi connectivity index (χ4n) is 3.11. The largest absolute Gasteiger partial charge is 0.454 e. The molecular weight excluding hydrogens is 372 g/mol. The van der Waals surface area contributed by atoms with Crippen LogP contribution < -0.4 is 20.1 Å². The van der Waals surface area contributed by atoms with Crippen LogP contribution in [-0.4, -0.2) is 16.8 Å². The van der Waals surface area contributed by atoms with Crippen molar-refractivity contribution < 1.29 is 9.47 Å². The van der Waals surface area contributed by atoms with Gasteiger partial charge in [-0.1, -0.05) is 24.3 Å². The monoisotopic (exact) mass is 390 g/mol. The Labute approximate surface area is 166 Å². The van der Waals surface area contributed by atoms with Crippen LogP contribution in [0.5, 0.6) is 11.5 Å². The lowest BCUT2D eigenvalue weighted by molar-refractivity contribution is 0.174. The number of thiophene rings is 1. The number of nitrogens with zero attached hydrogens (tertiary/aromatic N) is 2. The Hall–Kier alpha value is -3.32. The molecule has 1 aliphatic rings. The average molecular weight is 390 g/mol. The molecule has 4 aromatic rings. The van der Waals surface area contributed by atoms with Crippen molar-refractivity contribution in [3.63, 3.8) is 0 Å². The number of ether oxygens (including phenoxy) is 2. The maximum absolute atomic E-state index is 5.44. The second kappa shape index (κ2) is 7.36. The molecule has 2 aromatic heterocycles. The van der Waals surface area contributed by atoms with Crippen LogP contribution in [0.4, 0.5) is 11.8 Å². The van der Waals surface area contributed by atoms with Crippen LogP contribution in [0, 0.1) is 0 Å². The highest BCUT2D eigenvalue weighted by molar-refractivity contribution is 7.09. The number of aromatic nitrogens is 2. The Morgan fingerprint density at radius 2 is 1.82 bits per heavy atom. The van der Waals surface area contributed by atoms with Crippen LogP contribution in [0.15, 0.2) is 60.0 Å². The molecular formula is C21H18N4O2S.